The minimum Gasteiger partial charge on any atom is -0.508 e. The first-order valence-electron chi connectivity index (χ1n) is 3.46. The van der Waals surface area contributed by atoms with Gasteiger partial charge in [-0.1, -0.05) is 12.6 Å². The first-order valence-corrected chi connectivity index (χ1v) is 3.46. The zero-order chi connectivity index (χ0) is 10.3. The summed E-state index contributed by atoms with van der Waals surface area (Å²) in [6.07, 6.45) is 1.06. The molecular weight excluding hydrogens is 170 g/mol. The molecule has 0 saturated carbocycles. The molecule has 0 aromatic heterocycles. The predicted octanol–water partition coefficient (Wildman–Crippen LogP) is 0.756. The molecule has 0 aliphatic rings. The van der Waals surface area contributed by atoms with Gasteiger partial charge in [-0.2, -0.15) is 0 Å². The number of primary amides is 1. The van der Waals surface area contributed by atoms with Gasteiger partial charge in [-0.15, -0.1) is 0 Å². The molecule has 0 saturated heterocycles. The van der Waals surface area contributed by atoms with E-state index in [1.807, 2.05) is 0 Å². The summed E-state index contributed by atoms with van der Waals surface area (Å²) >= 11 is 0. The number of phenols is 2. The van der Waals surface area contributed by atoms with E-state index in [4.69, 9.17) is 10.2 Å². The Morgan fingerprint density at radius 3 is 1.92 bits per heavy atom. The van der Waals surface area contributed by atoms with Crippen molar-refractivity contribution in [2.45, 2.75) is 0 Å². The SMILES string of the molecule is C=CC(N)=O.Oc1cccc(O)c1. The predicted molar refractivity (Wildman–Crippen MR) is 49.2 cm³/mol. The summed E-state index contributed by atoms with van der Waals surface area (Å²) in [7, 11) is 0. The number of nitrogens with two attached hydrogens (primary N) is 1. The highest BCUT2D eigenvalue weighted by Gasteiger charge is 1.85. The Morgan fingerprint density at radius 1 is 1.38 bits per heavy atom. The lowest BCUT2D eigenvalue weighted by atomic mass is 10.3. The Balaban J connectivity index is 0.000000252. The van der Waals surface area contributed by atoms with Gasteiger partial charge in [-0.05, 0) is 18.2 Å². The van der Waals surface area contributed by atoms with Gasteiger partial charge in [-0.3, -0.25) is 4.79 Å². The first-order chi connectivity index (χ1) is 6.06. The van der Waals surface area contributed by atoms with Crippen LogP contribution in [0.2, 0.25) is 0 Å². The molecule has 0 atom stereocenters. The molecule has 0 bridgehead atoms. The molecule has 4 nitrogen and oxygen atoms in total. The van der Waals surface area contributed by atoms with E-state index in [9.17, 15) is 4.79 Å². The third kappa shape index (κ3) is 6.43. The van der Waals surface area contributed by atoms with E-state index in [1.54, 1.807) is 6.07 Å². The van der Waals surface area contributed by atoms with Gasteiger partial charge in [0.1, 0.15) is 11.5 Å². The van der Waals surface area contributed by atoms with Crippen molar-refractivity contribution in [1.82, 2.24) is 0 Å². The summed E-state index contributed by atoms with van der Waals surface area (Å²) in [6, 6.07) is 5.85. The molecule has 1 amide bonds. The molecule has 0 spiro atoms. The van der Waals surface area contributed by atoms with Crippen LogP contribution in [0.15, 0.2) is 36.9 Å². The topological polar surface area (TPSA) is 83.6 Å². The van der Waals surface area contributed by atoms with Crippen LogP contribution in [0.4, 0.5) is 0 Å². The Kier molecular flexibility index (Phi) is 4.79. The number of benzene rings is 1. The van der Waals surface area contributed by atoms with Crippen molar-refractivity contribution in [2.75, 3.05) is 0 Å². The molecule has 1 aromatic carbocycles. The molecule has 0 unspecified atom stereocenters. The lowest BCUT2D eigenvalue weighted by Gasteiger charge is -1.89. The molecule has 4 N–H and O–H groups in total. The maximum absolute atomic E-state index is 9.47. The lowest BCUT2D eigenvalue weighted by Crippen LogP contribution is -2.04. The van der Waals surface area contributed by atoms with Gasteiger partial charge in [0, 0.05) is 6.07 Å². The van der Waals surface area contributed by atoms with E-state index in [-0.39, 0.29) is 11.5 Å². The molecule has 1 rings (SSSR count). The Bertz CT molecular complexity index is 279. The highest BCUT2D eigenvalue weighted by molar-refractivity contribution is 5.84. The lowest BCUT2D eigenvalue weighted by molar-refractivity contribution is -0.113. The average molecular weight is 181 g/mol. The second-order valence-corrected chi connectivity index (χ2v) is 2.13. The van der Waals surface area contributed by atoms with E-state index >= 15 is 0 Å². The Morgan fingerprint density at radius 2 is 1.77 bits per heavy atom. The number of carbonyl (C=O) groups excluding carboxylic acids is 1. The molecule has 1 aromatic rings. The van der Waals surface area contributed by atoms with Crippen LogP contribution >= 0.6 is 0 Å². The van der Waals surface area contributed by atoms with Crippen LogP contribution in [0.1, 0.15) is 0 Å². The van der Waals surface area contributed by atoms with E-state index < -0.39 is 5.91 Å². The molecule has 4 heteroatoms. The summed E-state index contributed by atoms with van der Waals surface area (Å²) in [5, 5.41) is 17.3. The maximum atomic E-state index is 9.47. The van der Waals surface area contributed by atoms with Gasteiger partial charge >= 0.3 is 0 Å². The largest absolute Gasteiger partial charge is 0.508 e. The van der Waals surface area contributed by atoms with E-state index in [0.29, 0.717) is 0 Å². The fourth-order valence-corrected chi connectivity index (χ4v) is 0.493. The average Bonchev–Trinajstić information content (AvgIpc) is 2.05. The highest BCUT2D eigenvalue weighted by atomic mass is 16.3. The number of aromatic hydroxyl groups is 2. The third-order valence-electron chi connectivity index (χ3n) is 1.03. The fourth-order valence-electron chi connectivity index (χ4n) is 0.493. The molecule has 70 valence electrons. The summed E-state index contributed by atoms with van der Waals surface area (Å²) in [5.74, 6) is -0.306. The number of amides is 1. The van der Waals surface area contributed by atoms with Gasteiger partial charge in [0.25, 0.3) is 0 Å². The van der Waals surface area contributed by atoms with Crippen LogP contribution in [0, 0.1) is 0 Å². The van der Waals surface area contributed by atoms with Crippen LogP contribution in [-0.4, -0.2) is 16.1 Å². The van der Waals surface area contributed by atoms with Gasteiger partial charge in [0.05, 0.1) is 0 Å². The fraction of sp³-hybridized carbons (Fsp3) is 0. The monoisotopic (exact) mass is 181 g/mol. The van der Waals surface area contributed by atoms with Gasteiger partial charge in [0.2, 0.25) is 5.91 Å². The third-order valence-corrected chi connectivity index (χ3v) is 1.03. The highest BCUT2D eigenvalue weighted by Crippen LogP contribution is 2.14. The first kappa shape index (κ1) is 11.0. The minimum absolute atomic E-state index is 0.0880. The van der Waals surface area contributed by atoms with Gasteiger partial charge in [0.15, 0.2) is 0 Å². The summed E-state index contributed by atoms with van der Waals surface area (Å²) in [5.41, 5.74) is 4.53. The zero-order valence-electron chi connectivity index (χ0n) is 6.97. The maximum Gasteiger partial charge on any atom is 0.240 e. The Labute approximate surface area is 75.9 Å². The summed E-state index contributed by atoms with van der Waals surface area (Å²) in [4.78, 5) is 9.47. The number of phenolic OH excluding ortho intramolecular Hbond substituents is 2. The summed E-state index contributed by atoms with van der Waals surface area (Å²) in [6.45, 7) is 3.09. The van der Waals surface area contributed by atoms with Crippen molar-refractivity contribution in [3.63, 3.8) is 0 Å². The number of hydrogen-bond acceptors (Lipinski definition) is 3. The van der Waals surface area contributed by atoms with Crippen LogP contribution in [0.5, 0.6) is 11.5 Å². The second kappa shape index (κ2) is 5.65. The molecule has 13 heavy (non-hydrogen) atoms. The van der Waals surface area contributed by atoms with Crippen molar-refractivity contribution in [1.29, 1.82) is 0 Å². The van der Waals surface area contributed by atoms with Crippen molar-refractivity contribution < 1.29 is 15.0 Å². The molecule has 0 aliphatic carbocycles. The number of carbonyl (C=O) groups is 1. The van der Waals surface area contributed by atoms with Crippen LogP contribution in [-0.2, 0) is 4.79 Å². The Hall–Kier alpha value is -1.97. The van der Waals surface area contributed by atoms with E-state index in [2.05, 4.69) is 12.3 Å². The van der Waals surface area contributed by atoms with E-state index in [0.717, 1.165) is 6.08 Å². The van der Waals surface area contributed by atoms with Crippen LogP contribution < -0.4 is 5.73 Å². The van der Waals surface area contributed by atoms with Crippen molar-refractivity contribution in [3.05, 3.63) is 36.9 Å². The molecule has 0 radical (unpaired) electrons. The molecule has 0 heterocycles. The van der Waals surface area contributed by atoms with Crippen molar-refractivity contribution >= 4 is 5.91 Å². The minimum atomic E-state index is -0.481. The second-order valence-electron chi connectivity index (χ2n) is 2.13. The number of hydrogen-bond donors (Lipinski definition) is 3. The van der Waals surface area contributed by atoms with E-state index in [1.165, 1.54) is 18.2 Å². The van der Waals surface area contributed by atoms with Gasteiger partial charge in [-0.25, -0.2) is 0 Å². The van der Waals surface area contributed by atoms with Crippen molar-refractivity contribution in [3.8, 4) is 11.5 Å². The molecule has 0 fully saturated rings. The van der Waals surface area contributed by atoms with Crippen LogP contribution in [0.3, 0.4) is 0 Å². The summed E-state index contributed by atoms with van der Waals surface area (Å²) < 4.78 is 0. The standard InChI is InChI=1S/C6H6O2.C3H5NO/c7-5-2-1-3-6(8)4-5;1-2-3(4)5/h1-4,7-8H;2H,1H2,(H2,4,5). The quantitative estimate of drug-likeness (QED) is 0.559. The van der Waals surface area contributed by atoms with Crippen molar-refractivity contribution in [2.24, 2.45) is 5.73 Å². The zero-order valence-corrected chi connectivity index (χ0v) is 6.97. The smallest absolute Gasteiger partial charge is 0.240 e. The van der Waals surface area contributed by atoms with Gasteiger partial charge < -0.3 is 15.9 Å². The van der Waals surface area contributed by atoms with Crippen LogP contribution in [0.25, 0.3) is 0 Å². The molecular formula is C9H11NO3. The molecule has 0 aliphatic heterocycles. The number of rotatable bonds is 1. The normalized spacial score (nSPS) is 8.00.